The van der Waals surface area contributed by atoms with Gasteiger partial charge in [-0.05, 0) is 61.9 Å². The first kappa shape index (κ1) is 26.9. The standard InChI is InChI=1S/C27H36N2O5S/c1-29(24-13-6-3-7-14-24)35(32,33)25-19-17-23(18-20-25)28-26(30)15-8-16-27(31)34-21-9-12-22-10-4-2-5-11-22/h2,4-5,10-11,17-20,24H,3,6-9,12-16,21H2,1H3,(H,28,30). The van der Waals surface area contributed by atoms with Crippen molar-refractivity contribution in [1.29, 1.82) is 0 Å². The Morgan fingerprint density at radius 2 is 1.63 bits per heavy atom. The molecule has 1 amide bonds. The first-order valence-corrected chi connectivity index (χ1v) is 13.9. The fourth-order valence-corrected chi connectivity index (χ4v) is 5.73. The number of sulfonamides is 1. The smallest absolute Gasteiger partial charge is 0.305 e. The number of amides is 1. The number of esters is 1. The SMILES string of the molecule is CN(C1CCCCC1)S(=O)(=O)c1ccc(NC(=O)CCCC(=O)OCCCc2ccccc2)cc1. The number of hydrogen-bond acceptors (Lipinski definition) is 5. The molecule has 1 aliphatic rings. The van der Waals surface area contributed by atoms with Crippen LogP contribution in [0.1, 0.15) is 63.4 Å². The molecule has 1 N–H and O–H groups in total. The van der Waals surface area contributed by atoms with Gasteiger partial charge in [-0.15, -0.1) is 0 Å². The van der Waals surface area contributed by atoms with Crippen LogP contribution in [0.4, 0.5) is 5.69 Å². The monoisotopic (exact) mass is 500 g/mol. The van der Waals surface area contributed by atoms with Gasteiger partial charge < -0.3 is 10.1 Å². The third kappa shape index (κ3) is 8.47. The summed E-state index contributed by atoms with van der Waals surface area (Å²) in [4.78, 5) is 24.3. The molecule has 0 bridgehead atoms. The number of nitrogens with zero attached hydrogens (tertiary/aromatic N) is 1. The molecule has 35 heavy (non-hydrogen) atoms. The van der Waals surface area contributed by atoms with E-state index in [1.165, 1.54) is 22.0 Å². The summed E-state index contributed by atoms with van der Waals surface area (Å²) in [7, 11) is -1.92. The van der Waals surface area contributed by atoms with Crippen molar-refractivity contribution in [2.45, 2.75) is 75.1 Å². The molecule has 190 valence electrons. The molecule has 0 spiro atoms. The lowest BCUT2D eigenvalue weighted by Gasteiger charge is -2.30. The van der Waals surface area contributed by atoms with E-state index in [9.17, 15) is 18.0 Å². The number of carbonyl (C=O) groups excluding carboxylic acids is 2. The zero-order valence-electron chi connectivity index (χ0n) is 20.4. The maximum atomic E-state index is 12.9. The first-order chi connectivity index (χ1) is 16.9. The summed E-state index contributed by atoms with van der Waals surface area (Å²) in [5.41, 5.74) is 1.74. The van der Waals surface area contributed by atoms with Gasteiger partial charge in [-0.3, -0.25) is 9.59 Å². The second-order valence-corrected chi connectivity index (χ2v) is 11.0. The maximum Gasteiger partial charge on any atom is 0.305 e. The van der Waals surface area contributed by atoms with E-state index in [2.05, 4.69) is 5.32 Å². The van der Waals surface area contributed by atoms with Crippen molar-refractivity contribution in [2.75, 3.05) is 19.0 Å². The first-order valence-electron chi connectivity index (χ1n) is 12.4. The van der Waals surface area contributed by atoms with Crippen LogP contribution in [0, 0.1) is 0 Å². The van der Waals surface area contributed by atoms with Crippen LogP contribution in [0.3, 0.4) is 0 Å². The van der Waals surface area contributed by atoms with Gasteiger partial charge in [-0.25, -0.2) is 8.42 Å². The number of anilines is 1. The van der Waals surface area contributed by atoms with E-state index in [1.807, 2.05) is 30.3 Å². The van der Waals surface area contributed by atoms with Crippen LogP contribution >= 0.6 is 0 Å². The summed E-state index contributed by atoms with van der Waals surface area (Å²) >= 11 is 0. The van der Waals surface area contributed by atoms with E-state index in [4.69, 9.17) is 4.74 Å². The molecule has 0 unspecified atom stereocenters. The Hall–Kier alpha value is -2.71. The number of benzene rings is 2. The molecule has 0 heterocycles. The minimum atomic E-state index is -3.56. The van der Waals surface area contributed by atoms with Crippen LogP contribution < -0.4 is 5.32 Å². The Kier molecular flexibility index (Phi) is 10.3. The zero-order valence-corrected chi connectivity index (χ0v) is 21.3. The molecule has 1 aliphatic carbocycles. The van der Waals surface area contributed by atoms with E-state index < -0.39 is 10.0 Å². The molecule has 0 radical (unpaired) electrons. The summed E-state index contributed by atoms with van der Waals surface area (Å²) in [6, 6.07) is 16.3. The zero-order chi connectivity index (χ0) is 25.1. The summed E-state index contributed by atoms with van der Waals surface area (Å²) in [5, 5.41) is 2.76. The minimum absolute atomic E-state index is 0.0451. The van der Waals surface area contributed by atoms with Gasteiger partial charge in [0.15, 0.2) is 0 Å². The van der Waals surface area contributed by atoms with E-state index in [-0.39, 0.29) is 35.7 Å². The molecular weight excluding hydrogens is 464 g/mol. The summed E-state index contributed by atoms with van der Waals surface area (Å²) in [6.07, 6.45) is 7.44. The number of carbonyl (C=O) groups is 2. The lowest BCUT2D eigenvalue weighted by Crippen LogP contribution is -2.38. The summed E-state index contributed by atoms with van der Waals surface area (Å²) in [5.74, 6) is -0.528. The molecule has 2 aromatic carbocycles. The molecule has 1 saturated carbocycles. The Balaban J connectivity index is 1.35. The molecule has 7 nitrogen and oxygen atoms in total. The van der Waals surface area contributed by atoms with Crippen molar-refractivity contribution >= 4 is 27.6 Å². The Bertz CT molecular complexity index is 1050. The lowest BCUT2D eigenvalue weighted by atomic mass is 9.96. The number of hydrogen-bond donors (Lipinski definition) is 1. The van der Waals surface area contributed by atoms with Crippen LogP contribution in [-0.2, 0) is 30.8 Å². The van der Waals surface area contributed by atoms with Crippen LogP contribution in [0.5, 0.6) is 0 Å². The van der Waals surface area contributed by atoms with Gasteiger partial charge in [0.05, 0.1) is 11.5 Å². The largest absolute Gasteiger partial charge is 0.466 e. The van der Waals surface area contributed by atoms with Crippen molar-refractivity contribution in [1.82, 2.24) is 4.31 Å². The highest BCUT2D eigenvalue weighted by Gasteiger charge is 2.28. The normalized spacial score (nSPS) is 14.6. The van der Waals surface area contributed by atoms with Gasteiger partial charge in [0.2, 0.25) is 15.9 Å². The average molecular weight is 501 g/mol. The van der Waals surface area contributed by atoms with Gasteiger partial charge in [0, 0.05) is 31.6 Å². The molecule has 0 aromatic heterocycles. The molecule has 8 heteroatoms. The highest BCUT2D eigenvalue weighted by atomic mass is 32.2. The van der Waals surface area contributed by atoms with Crippen LogP contribution in [0.2, 0.25) is 0 Å². The third-order valence-corrected chi connectivity index (χ3v) is 8.33. The average Bonchev–Trinajstić information content (AvgIpc) is 2.87. The van der Waals surface area contributed by atoms with E-state index >= 15 is 0 Å². The van der Waals surface area contributed by atoms with Crippen molar-refractivity contribution < 1.29 is 22.7 Å². The molecule has 3 rings (SSSR count). The number of ether oxygens (including phenoxy) is 1. The lowest BCUT2D eigenvalue weighted by molar-refractivity contribution is -0.143. The Morgan fingerprint density at radius 3 is 2.31 bits per heavy atom. The van der Waals surface area contributed by atoms with Gasteiger partial charge >= 0.3 is 5.97 Å². The Labute approximate surface area is 208 Å². The topological polar surface area (TPSA) is 92.8 Å². The van der Waals surface area contributed by atoms with Crippen molar-refractivity contribution in [3.05, 3.63) is 60.2 Å². The molecule has 0 atom stereocenters. The number of nitrogens with one attached hydrogen (secondary N) is 1. The van der Waals surface area contributed by atoms with Crippen LogP contribution in [0.15, 0.2) is 59.5 Å². The Morgan fingerprint density at radius 1 is 0.943 bits per heavy atom. The second kappa shape index (κ2) is 13.4. The van der Waals surface area contributed by atoms with Crippen molar-refractivity contribution in [3.63, 3.8) is 0 Å². The van der Waals surface area contributed by atoms with E-state index in [0.29, 0.717) is 18.7 Å². The molecule has 1 fully saturated rings. The molecule has 0 saturated heterocycles. The quantitative estimate of drug-likeness (QED) is 0.330. The van der Waals surface area contributed by atoms with Gasteiger partial charge in [0.1, 0.15) is 0 Å². The fourth-order valence-electron chi connectivity index (χ4n) is 4.31. The van der Waals surface area contributed by atoms with E-state index in [0.717, 1.165) is 44.9 Å². The molecule has 2 aromatic rings. The number of rotatable bonds is 12. The second-order valence-electron chi connectivity index (χ2n) is 9.05. The number of aryl methyl sites for hydroxylation is 1. The molecular formula is C27H36N2O5S. The molecule has 0 aliphatic heterocycles. The van der Waals surface area contributed by atoms with E-state index in [1.54, 1.807) is 19.2 Å². The van der Waals surface area contributed by atoms with Gasteiger partial charge in [0.25, 0.3) is 0 Å². The fraction of sp³-hybridized carbons (Fsp3) is 0.481. The van der Waals surface area contributed by atoms with Crippen molar-refractivity contribution in [2.24, 2.45) is 0 Å². The van der Waals surface area contributed by atoms with Crippen LogP contribution in [0.25, 0.3) is 0 Å². The summed E-state index contributed by atoms with van der Waals surface area (Å²) in [6.45, 7) is 0.366. The third-order valence-electron chi connectivity index (χ3n) is 6.40. The van der Waals surface area contributed by atoms with Gasteiger partial charge in [-0.2, -0.15) is 4.31 Å². The summed E-state index contributed by atoms with van der Waals surface area (Å²) < 4.78 is 32.6. The van der Waals surface area contributed by atoms with Crippen molar-refractivity contribution in [3.8, 4) is 0 Å². The predicted molar refractivity (Wildman–Crippen MR) is 136 cm³/mol. The minimum Gasteiger partial charge on any atom is -0.466 e. The van der Waals surface area contributed by atoms with Crippen LogP contribution in [-0.4, -0.2) is 44.3 Å². The highest BCUT2D eigenvalue weighted by molar-refractivity contribution is 7.89. The maximum absolute atomic E-state index is 12.9. The van der Waals surface area contributed by atoms with Gasteiger partial charge in [-0.1, -0.05) is 49.6 Å². The highest BCUT2D eigenvalue weighted by Crippen LogP contribution is 2.27. The predicted octanol–water partition coefficient (Wildman–Crippen LogP) is 4.92.